The van der Waals surface area contributed by atoms with Crippen molar-refractivity contribution in [3.8, 4) is 0 Å². The number of aliphatic hydroxyl groups excluding tert-OH is 4. The Morgan fingerprint density at radius 2 is 1.29 bits per heavy atom. The molecule has 0 bridgehead atoms. The first-order valence-electron chi connectivity index (χ1n) is 7.12. The minimum absolute atomic E-state index is 0.0293. The van der Waals surface area contributed by atoms with Gasteiger partial charge in [-0.1, -0.05) is 0 Å². The summed E-state index contributed by atoms with van der Waals surface area (Å²) in [5.74, 6) is 0.0586. The van der Waals surface area contributed by atoms with Crippen molar-refractivity contribution in [2.24, 2.45) is 0 Å². The smallest absolute Gasteiger partial charge is 0.153 e. The van der Waals surface area contributed by atoms with E-state index in [9.17, 15) is 18.6 Å². The molecule has 2 heterocycles. The molecule has 2 saturated heterocycles. The van der Waals surface area contributed by atoms with E-state index in [1.165, 1.54) is 0 Å². The molecule has 4 unspecified atom stereocenters. The summed E-state index contributed by atoms with van der Waals surface area (Å²) < 4.78 is 23.8. The number of hydrogen-bond acceptors (Lipinski definition) is 8. The molecule has 2 rings (SSSR count). The van der Waals surface area contributed by atoms with E-state index in [2.05, 4.69) is 0 Å². The molecule has 2 aliphatic heterocycles. The summed E-state index contributed by atoms with van der Waals surface area (Å²) in [6.07, 6.45) is -1.77. The van der Waals surface area contributed by atoms with Gasteiger partial charge in [0.25, 0.3) is 0 Å². The van der Waals surface area contributed by atoms with Gasteiger partial charge in [0.2, 0.25) is 0 Å². The number of fused-ring (bicyclic) bond motifs is 1. The third-order valence-electron chi connectivity index (χ3n) is 4.22. The van der Waals surface area contributed by atoms with Gasteiger partial charge in [-0.15, -0.1) is 0 Å². The molecule has 8 nitrogen and oxygen atoms in total. The Morgan fingerprint density at radius 3 is 1.62 bits per heavy atom. The summed E-state index contributed by atoms with van der Waals surface area (Å²) in [6, 6.07) is -0.480. The summed E-state index contributed by atoms with van der Waals surface area (Å²) in [7, 11) is -3.15. The Balaban J connectivity index is 2.09. The summed E-state index contributed by atoms with van der Waals surface area (Å²) in [5, 5.41) is 37.1. The standard InChI is InChI=1S/C12H24N2O6S/c15-5-9(17)3-13-1-2-14(4-10(18)6-16)12-8-21(19,20)7-11(12)13/h9-12,15-18H,1-8H2. The molecule has 0 radical (unpaired) electrons. The zero-order valence-electron chi connectivity index (χ0n) is 11.9. The van der Waals surface area contributed by atoms with E-state index in [0.717, 1.165) is 0 Å². The van der Waals surface area contributed by atoms with Crippen LogP contribution in [-0.4, -0.2) is 114 Å². The Hall–Kier alpha value is -0.290. The zero-order valence-corrected chi connectivity index (χ0v) is 12.7. The minimum Gasteiger partial charge on any atom is -0.394 e. The van der Waals surface area contributed by atoms with Crippen LogP contribution < -0.4 is 0 Å². The number of β-amino-alcohol motifs (C(OH)–C–C–N with tert-alkyl or cyclic N) is 2. The quantitative estimate of drug-likeness (QED) is 0.397. The van der Waals surface area contributed by atoms with Crippen molar-refractivity contribution in [1.82, 2.24) is 9.80 Å². The van der Waals surface area contributed by atoms with E-state index in [4.69, 9.17) is 10.2 Å². The van der Waals surface area contributed by atoms with Crippen LogP contribution in [-0.2, 0) is 9.84 Å². The van der Waals surface area contributed by atoms with Gasteiger partial charge in [-0.3, -0.25) is 9.80 Å². The summed E-state index contributed by atoms with van der Waals surface area (Å²) >= 11 is 0. The zero-order chi connectivity index (χ0) is 15.6. The first kappa shape index (κ1) is 17.1. The topological polar surface area (TPSA) is 122 Å². The maximum Gasteiger partial charge on any atom is 0.153 e. The highest BCUT2D eigenvalue weighted by atomic mass is 32.2. The number of rotatable bonds is 6. The van der Waals surface area contributed by atoms with Crippen LogP contribution in [0.3, 0.4) is 0 Å². The van der Waals surface area contributed by atoms with E-state index in [0.29, 0.717) is 13.1 Å². The monoisotopic (exact) mass is 324 g/mol. The third kappa shape index (κ3) is 4.13. The van der Waals surface area contributed by atoms with Crippen LogP contribution in [0, 0.1) is 0 Å². The lowest BCUT2D eigenvalue weighted by atomic mass is 10.0. The average molecular weight is 324 g/mol. The van der Waals surface area contributed by atoms with Crippen molar-refractivity contribution in [2.75, 3.05) is 50.9 Å². The molecule has 0 saturated carbocycles. The van der Waals surface area contributed by atoms with Gasteiger partial charge < -0.3 is 20.4 Å². The van der Waals surface area contributed by atoms with Crippen molar-refractivity contribution in [3.05, 3.63) is 0 Å². The lowest BCUT2D eigenvalue weighted by Gasteiger charge is -2.44. The summed E-state index contributed by atoms with van der Waals surface area (Å²) in [4.78, 5) is 3.80. The van der Waals surface area contributed by atoms with E-state index < -0.39 is 22.0 Å². The van der Waals surface area contributed by atoms with Gasteiger partial charge in [0.15, 0.2) is 9.84 Å². The van der Waals surface area contributed by atoms with Gasteiger partial charge in [-0.05, 0) is 0 Å². The predicted octanol–water partition coefficient (Wildman–Crippen LogP) is -3.52. The predicted molar refractivity (Wildman–Crippen MR) is 75.6 cm³/mol. The van der Waals surface area contributed by atoms with Crippen molar-refractivity contribution in [1.29, 1.82) is 0 Å². The number of aliphatic hydroxyl groups is 4. The molecule has 21 heavy (non-hydrogen) atoms. The molecule has 0 aliphatic carbocycles. The number of nitrogens with zero attached hydrogens (tertiary/aromatic N) is 2. The minimum atomic E-state index is -3.15. The van der Waals surface area contributed by atoms with Crippen molar-refractivity contribution >= 4 is 9.84 Å². The fourth-order valence-corrected chi connectivity index (χ4v) is 5.25. The molecule has 0 aromatic rings. The van der Waals surface area contributed by atoms with E-state index in [-0.39, 0.29) is 49.9 Å². The van der Waals surface area contributed by atoms with Crippen molar-refractivity contribution in [3.63, 3.8) is 0 Å². The summed E-state index contributed by atoms with van der Waals surface area (Å²) in [5.41, 5.74) is 0. The third-order valence-corrected chi connectivity index (χ3v) is 5.92. The SMILES string of the molecule is O=S1(=O)CC2C(C1)N(CC(O)CO)CCN2CC(O)CO. The first-order chi connectivity index (χ1) is 9.86. The molecule has 9 heteroatoms. The second-order valence-corrected chi connectivity index (χ2v) is 8.03. The molecule has 2 fully saturated rings. The maximum absolute atomic E-state index is 11.9. The molecule has 4 N–H and O–H groups in total. The van der Waals surface area contributed by atoms with E-state index >= 15 is 0 Å². The fourth-order valence-electron chi connectivity index (χ4n) is 3.21. The lowest BCUT2D eigenvalue weighted by Crippen LogP contribution is -2.61. The van der Waals surface area contributed by atoms with Crippen molar-refractivity contribution in [2.45, 2.75) is 24.3 Å². The van der Waals surface area contributed by atoms with E-state index in [1.807, 2.05) is 9.80 Å². The summed E-state index contributed by atoms with van der Waals surface area (Å²) in [6.45, 7) is 0.895. The number of sulfone groups is 1. The highest BCUT2D eigenvalue weighted by Gasteiger charge is 2.46. The highest BCUT2D eigenvalue weighted by Crippen LogP contribution is 2.27. The van der Waals surface area contributed by atoms with Gasteiger partial charge in [0.05, 0.1) is 36.9 Å². The van der Waals surface area contributed by atoms with E-state index in [1.54, 1.807) is 0 Å². The average Bonchev–Trinajstić information content (AvgIpc) is 2.77. The molecule has 0 aromatic carbocycles. The molecule has 2 aliphatic rings. The maximum atomic E-state index is 11.9. The largest absolute Gasteiger partial charge is 0.394 e. The van der Waals surface area contributed by atoms with Gasteiger partial charge in [0, 0.05) is 38.3 Å². The first-order valence-corrected chi connectivity index (χ1v) is 8.95. The Bertz CT molecular complexity index is 411. The number of piperazine rings is 1. The van der Waals surface area contributed by atoms with Crippen LogP contribution in [0.25, 0.3) is 0 Å². The Labute approximate surface area is 124 Å². The van der Waals surface area contributed by atoms with Crippen LogP contribution in [0.4, 0.5) is 0 Å². The fraction of sp³-hybridized carbons (Fsp3) is 1.00. The van der Waals surface area contributed by atoms with Crippen LogP contribution >= 0.6 is 0 Å². The van der Waals surface area contributed by atoms with Gasteiger partial charge in [-0.25, -0.2) is 8.42 Å². The second-order valence-electron chi connectivity index (χ2n) is 5.87. The van der Waals surface area contributed by atoms with Crippen LogP contribution in [0.2, 0.25) is 0 Å². The molecular formula is C12H24N2O6S. The molecular weight excluding hydrogens is 300 g/mol. The normalized spacial score (nSPS) is 32.8. The van der Waals surface area contributed by atoms with Crippen LogP contribution in [0.15, 0.2) is 0 Å². The highest BCUT2D eigenvalue weighted by molar-refractivity contribution is 7.91. The molecule has 0 aromatic heterocycles. The number of hydrogen-bond donors (Lipinski definition) is 4. The molecule has 4 atom stereocenters. The van der Waals surface area contributed by atoms with Crippen LogP contribution in [0.1, 0.15) is 0 Å². The second kappa shape index (κ2) is 6.86. The Morgan fingerprint density at radius 1 is 0.905 bits per heavy atom. The Kier molecular flexibility index (Phi) is 5.58. The van der Waals surface area contributed by atoms with Gasteiger partial charge in [-0.2, -0.15) is 0 Å². The molecule has 0 amide bonds. The van der Waals surface area contributed by atoms with Gasteiger partial charge in [0.1, 0.15) is 0 Å². The van der Waals surface area contributed by atoms with Crippen molar-refractivity contribution < 1.29 is 28.8 Å². The lowest BCUT2D eigenvalue weighted by molar-refractivity contribution is -0.0220. The molecule has 124 valence electrons. The van der Waals surface area contributed by atoms with Crippen LogP contribution in [0.5, 0.6) is 0 Å². The van der Waals surface area contributed by atoms with Gasteiger partial charge >= 0.3 is 0 Å². The molecule has 0 spiro atoms.